The third-order valence-corrected chi connectivity index (χ3v) is 7.55. The first kappa shape index (κ1) is 60.5. The molecule has 3 N–H and O–H groups in total. The van der Waals surface area contributed by atoms with E-state index in [2.05, 4.69) is 47.4 Å². The lowest BCUT2D eigenvalue weighted by atomic mass is 10.1. The summed E-state index contributed by atoms with van der Waals surface area (Å²) >= 11 is 4.94. The molecule has 0 aliphatic rings. The minimum Gasteiger partial charge on any atom is -0.396 e. The van der Waals surface area contributed by atoms with Gasteiger partial charge in [-0.05, 0) is 52.4 Å². The van der Waals surface area contributed by atoms with Crippen LogP contribution in [0.4, 0.5) is 0 Å². The van der Waals surface area contributed by atoms with E-state index >= 15 is 0 Å². The molecule has 0 heterocycles. The molecule has 0 saturated heterocycles. The van der Waals surface area contributed by atoms with Gasteiger partial charge in [0.1, 0.15) is 0 Å². The molecule has 0 unspecified atom stereocenters. The van der Waals surface area contributed by atoms with E-state index in [-0.39, 0.29) is 12.7 Å². The molecule has 0 fully saturated rings. The number of hydrogen-bond donors (Lipinski definition) is 3. The van der Waals surface area contributed by atoms with E-state index in [0.29, 0.717) is 12.5 Å². The van der Waals surface area contributed by atoms with Crippen LogP contribution < -0.4 is 0 Å². The number of alkyl halides is 1. The van der Waals surface area contributed by atoms with Crippen LogP contribution in [0.5, 0.6) is 0 Å². The van der Waals surface area contributed by atoms with Gasteiger partial charge in [-0.25, -0.2) is 0 Å². The third-order valence-electron chi connectivity index (χ3n) is 7.38. The fourth-order valence-electron chi connectivity index (χ4n) is 4.44. The van der Waals surface area contributed by atoms with Crippen LogP contribution in [-0.2, 0) is 0 Å². The van der Waals surface area contributed by atoms with Crippen LogP contribution in [0.15, 0.2) is 38.0 Å². The molecule has 49 heavy (non-hydrogen) atoms. The van der Waals surface area contributed by atoms with Gasteiger partial charge in [-0.1, -0.05) is 194 Å². The molecule has 0 aromatic heterocycles. The highest BCUT2D eigenvalue weighted by atomic mass is 35.5. The summed E-state index contributed by atoms with van der Waals surface area (Å²) in [5.41, 5.74) is 0. The number of hydrogen-bond acceptors (Lipinski definition) is 3. The second-order valence-corrected chi connectivity index (χ2v) is 13.6. The first-order valence-electron chi connectivity index (χ1n) is 21.1. The summed E-state index contributed by atoms with van der Waals surface area (Å²) in [5, 5.41) is 24.3. The zero-order valence-corrected chi connectivity index (χ0v) is 35.5. The maximum atomic E-state index is 8.51. The largest absolute Gasteiger partial charge is 0.396 e. The molecule has 0 aromatic carbocycles. The van der Waals surface area contributed by atoms with Crippen molar-refractivity contribution < 1.29 is 15.3 Å². The van der Waals surface area contributed by atoms with Crippen molar-refractivity contribution in [3.05, 3.63) is 38.0 Å². The number of allylic oxidation sites excluding steroid dienone is 3. The lowest BCUT2D eigenvalue weighted by Gasteiger charge is -2.00. The maximum Gasteiger partial charge on any atom is 0.0566 e. The van der Waals surface area contributed by atoms with E-state index in [1.54, 1.807) is 13.8 Å². The summed E-state index contributed by atoms with van der Waals surface area (Å²) in [6.45, 7) is 23.9. The fraction of sp³-hybridized carbons (Fsp3) is 0.867. The van der Waals surface area contributed by atoms with Gasteiger partial charge >= 0.3 is 0 Å². The van der Waals surface area contributed by atoms with Crippen LogP contribution in [0, 0.1) is 0 Å². The number of halogens is 1. The molecule has 0 aliphatic heterocycles. The van der Waals surface area contributed by atoms with Gasteiger partial charge in [-0.3, -0.25) is 0 Å². The molecule has 0 atom stereocenters. The van der Waals surface area contributed by atoms with Gasteiger partial charge in [-0.2, -0.15) is 0 Å². The average Bonchev–Trinajstić information content (AvgIpc) is 3.10. The Morgan fingerprint density at radius 2 is 0.612 bits per heavy atom. The highest BCUT2D eigenvalue weighted by molar-refractivity contribution is 6.17. The van der Waals surface area contributed by atoms with E-state index in [1.165, 1.54) is 180 Å². The van der Waals surface area contributed by atoms with Crippen LogP contribution in [0.2, 0.25) is 0 Å². The summed E-state index contributed by atoms with van der Waals surface area (Å²) in [5.74, 6) is 0.347. The highest BCUT2D eigenvalue weighted by Gasteiger charge is 1.92. The molecule has 0 radical (unpaired) electrons. The van der Waals surface area contributed by atoms with Crippen LogP contribution >= 0.6 is 11.6 Å². The second-order valence-electron chi connectivity index (χ2n) is 13.2. The monoisotopic (exact) mass is 719 g/mol. The van der Waals surface area contributed by atoms with E-state index in [4.69, 9.17) is 26.9 Å². The fourth-order valence-corrected chi connectivity index (χ4v) is 4.44. The summed E-state index contributed by atoms with van der Waals surface area (Å²) in [6, 6.07) is 0. The van der Waals surface area contributed by atoms with Crippen molar-refractivity contribution in [2.24, 2.45) is 0 Å². The van der Waals surface area contributed by atoms with Gasteiger partial charge in [0.05, 0.1) is 6.61 Å². The van der Waals surface area contributed by atoms with Gasteiger partial charge in [-0.15, -0.1) is 31.3 Å². The van der Waals surface area contributed by atoms with Crippen molar-refractivity contribution >= 4 is 11.6 Å². The Morgan fingerprint density at radius 1 is 0.408 bits per heavy atom. The van der Waals surface area contributed by atoms with E-state index in [0.717, 1.165) is 6.42 Å². The van der Waals surface area contributed by atoms with Crippen molar-refractivity contribution in [1.82, 2.24) is 0 Å². The maximum absolute atomic E-state index is 8.51. The lowest BCUT2D eigenvalue weighted by Crippen LogP contribution is -1.85. The predicted molar refractivity (Wildman–Crippen MR) is 229 cm³/mol. The Hall–Kier alpha value is -0.610. The van der Waals surface area contributed by atoms with Crippen LogP contribution in [0.3, 0.4) is 0 Å². The molecular formula is C45H95ClO3. The molecule has 3 nitrogen and oxygen atoms in total. The Bertz CT molecular complexity index is 483. The van der Waals surface area contributed by atoms with E-state index in [1.807, 2.05) is 18.2 Å². The number of unbranched alkanes of at least 4 members (excludes halogenated alkanes) is 25. The number of aliphatic hydroxyl groups is 3. The smallest absolute Gasteiger partial charge is 0.0566 e. The molecule has 0 rings (SSSR count). The van der Waals surface area contributed by atoms with Crippen LogP contribution in [-0.4, -0.2) is 40.5 Å². The summed E-state index contributed by atoms with van der Waals surface area (Å²) in [4.78, 5) is 0. The first-order chi connectivity index (χ1) is 23.8. The Labute approximate surface area is 316 Å². The van der Waals surface area contributed by atoms with Gasteiger partial charge < -0.3 is 15.3 Å². The van der Waals surface area contributed by atoms with Crippen molar-refractivity contribution in [3.63, 3.8) is 0 Å². The van der Waals surface area contributed by atoms with Gasteiger partial charge in [0.25, 0.3) is 0 Å². The van der Waals surface area contributed by atoms with E-state index in [9.17, 15) is 0 Å². The summed E-state index contributed by atoms with van der Waals surface area (Å²) in [6.07, 6.45) is 45.0. The van der Waals surface area contributed by atoms with Gasteiger partial charge in [0.15, 0.2) is 0 Å². The third kappa shape index (κ3) is 113. The van der Waals surface area contributed by atoms with Crippen molar-refractivity contribution in [3.8, 4) is 0 Å². The standard InChI is InChI=1S/C14H28.C10H22O.C10H20.C6H12.C3H8O.C2H5ClO/c1-3-5-7-9-11-13-14-12-10-8-6-4-2;1-2-3-4-5-6-7-8-9-10-11;1-3-5-7-9-10-8-6-4-2;1-3-5-6-4-2;1-3(2)4;3-1-2-4/h3H,1,4-14H2,2H3;11H,2-10H2,1H3;3H,1,4-10H2,2H3;3H,1,4-6H2,2H3;3-4H,1-2H3;4H,1-2H2. The van der Waals surface area contributed by atoms with E-state index < -0.39 is 0 Å². The zero-order chi connectivity index (χ0) is 38.3. The SMILES string of the molecule is C=CCCCC.C=CCCCCCCCC.C=CCCCCCCCCCCCC.CC(C)O.CCCCCCCCCCO.OCCCl. The molecule has 0 bridgehead atoms. The summed E-state index contributed by atoms with van der Waals surface area (Å²) in [7, 11) is 0. The minimum absolute atomic E-state index is 0.0849. The molecular weight excluding hydrogens is 624 g/mol. The lowest BCUT2D eigenvalue weighted by molar-refractivity contribution is 0.216. The van der Waals surface area contributed by atoms with Crippen LogP contribution in [0.25, 0.3) is 0 Å². The number of rotatable bonds is 30. The molecule has 0 spiro atoms. The predicted octanol–water partition coefficient (Wildman–Crippen LogP) is 15.5. The summed E-state index contributed by atoms with van der Waals surface area (Å²) < 4.78 is 0. The molecule has 0 aliphatic carbocycles. The second kappa shape index (κ2) is 72.9. The van der Waals surface area contributed by atoms with Crippen molar-refractivity contribution in [1.29, 1.82) is 0 Å². The van der Waals surface area contributed by atoms with Crippen molar-refractivity contribution in [2.75, 3.05) is 19.1 Å². The topological polar surface area (TPSA) is 60.7 Å². The van der Waals surface area contributed by atoms with Crippen LogP contribution in [0.1, 0.15) is 228 Å². The highest BCUT2D eigenvalue weighted by Crippen LogP contribution is 2.11. The number of aliphatic hydroxyl groups excluding tert-OH is 3. The van der Waals surface area contributed by atoms with Gasteiger partial charge in [0.2, 0.25) is 0 Å². The molecule has 300 valence electrons. The molecule has 0 aromatic rings. The Balaban J connectivity index is -0.000000120. The normalized spacial score (nSPS) is 9.61. The quantitative estimate of drug-likeness (QED) is 0.0393. The molecule has 4 heteroatoms. The van der Waals surface area contributed by atoms with Crippen molar-refractivity contribution in [2.45, 2.75) is 234 Å². The Kier molecular flexibility index (Phi) is 90.0. The van der Waals surface area contributed by atoms with Gasteiger partial charge in [0, 0.05) is 18.6 Å². The average molecular weight is 720 g/mol. The minimum atomic E-state index is -0.167. The molecule has 0 saturated carbocycles. The zero-order valence-electron chi connectivity index (χ0n) is 34.8. The molecule has 0 amide bonds. The first-order valence-corrected chi connectivity index (χ1v) is 21.6. The Morgan fingerprint density at radius 3 is 0.796 bits per heavy atom.